The number of nitrogens with one attached hydrogen (secondary N) is 1. The number of hydrogen-bond donors (Lipinski definition) is 1. The van der Waals surface area contributed by atoms with Crippen LogP contribution in [0.3, 0.4) is 0 Å². The first-order valence-electron chi connectivity index (χ1n) is 6.18. The lowest BCUT2D eigenvalue weighted by Crippen LogP contribution is -2.33. The zero-order valence-electron chi connectivity index (χ0n) is 11.0. The molecular formula is C13H16ClN3O3. The number of ether oxygens (including phenoxy) is 2. The van der Waals surface area contributed by atoms with Crippen molar-refractivity contribution in [3.05, 3.63) is 30.2 Å². The highest BCUT2D eigenvalue weighted by Crippen LogP contribution is 2.28. The highest BCUT2D eigenvalue weighted by atomic mass is 35.5. The van der Waals surface area contributed by atoms with E-state index < -0.39 is 0 Å². The van der Waals surface area contributed by atoms with Crippen LogP contribution in [0, 0.1) is 0 Å². The zero-order valence-corrected chi connectivity index (χ0v) is 11.9. The molecule has 1 aliphatic heterocycles. The van der Waals surface area contributed by atoms with Crippen LogP contribution in [-0.2, 0) is 4.74 Å². The summed E-state index contributed by atoms with van der Waals surface area (Å²) in [6.07, 6.45) is -0.176. The van der Waals surface area contributed by atoms with E-state index in [1.807, 2.05) is 24.3 Å². The fourth-order valence-electron chi connectivity index (χ4n) is 2.03. The number of morpholine rings is 1. The Balaban J connectivity index is 0.00000147. The molecule has 1 N–H and O–H groups in total. The van der Waals surface area contributed by atoms with Crippen LogP contribution in [-0.4, -0.2) is 36.9 Å². The molecule has 0 aliphatic carbocycles. The van der Waals surface area contributed by atoms with E-state index in [1.165, 1.54) is 0 Å². The number of benzene rings is 1. The van der Waals surface area contributed by atoms with E-state index in [-0.39, 0.29) is 18.5 Å². The summed E-state index contributed by atoms with van der Waals surface area (Å²) in [5.41, 5.74) is 0.809. The van der Waals surface area contributed by atoms with Gasteiger partial charge < -0.3 is 19.3 Å². The Morgan fingerprint density at radius 1 is 1.35 bits per heavy atom. The highest BCUT2D eigenvalue weighted by Gasteiger charge is 2.23. The van der Waals surface area contributed by atoms with Crippen LogP contribution < -0.4 is 10.1 Å². The average molecular weight is 298 g/mol. The molecule has 1 saturated heterocycles. The maximum atomic E-state index is 5.58. The van der Waals surface area contributed by atoms with Crippen molar-refractivity contribution in [2.24, 2.45) is 0 Å². The predicted molar refractivity (Wildman–Crippen MR) is 75.1 cm³/mol. The molecule has 0 bridgehead atoms. The molecule has 1 atom stereocenters. The summed E-state index contributed by atoms with van der Waals surface area (Å²) in [4.78, 5) is 4.39. The quantitative estimate of drug-likeness (QED) is 0.932. The summed E-state index contributed by atoms with van der Waals surface area (Å²) in [6, 6.07) is 7.57. The standard InChI is InChI=1S/C13H15N3O3.ClH/c1-17-10-5-3-2-4-9(10)12-15-13(19-16-12)11-8-14-6-7-18-11;/h2-5,11,14H,6-8H2,1H3;1H/t11-;/m1./s1. The molecule has 108 valence electrons. The molecule has 6 nitrogen and oxygen atoms in total. The second kappa shape index (κ2) is 6.69. The van der Waals surface area contributed by atoms with E-state index >= 15 is 0 Å². The van der Waals surface area contributed by atoms with Crippen molar-refractivity contribution in [3.63, 3.8) is 0 Å². The van der Waals surface area contributed by atoms with Crippen LogP contribution in [0.5, 0.6) is 5.75 Å². The van der Waals surface area contributed by atoms with Crippen LogP contribution in [0.15, 0.2) is 28.8 Å². The Hall–Kier alpha value is -1.63. The van der Waals surface area contributed by atoms with Crippen molar-refractivity contribution in [2.45, 2.75) is 6.10 Å². The van der Waals surface area contributed by atoms with Gasteiger partial charge in [-0.2, -0.15) is 4.98 Å². The van der Waals surface area contributed by atoms with Gasteiger partial charge in [0.15, 0.2) is 0 Å². The van der Waals surface area contributed by atoms with E-state index in [0.29, 0.717) is 24.9 Å². The lowest BCUT2D eigenvalue weighted by Gasteiger charge is -2.19. The normalized spacial score (nSPS) is 18.4. The third kappa shape index (κ3) is 2.92. The van der Waals surface area contributed by atoms with Gasteiger partial charge in [0.1, 0.15) is 11.9 Å². The van der Waals surface area contributed by atoms with Gasteiger partial charge in [0, 0.05) is 13.1 Å². The molecule has 0 amide bonds. The van der Waals surface area contributed by atoms with Gasteiger partial charge >= 0.3 is 0 Å². The van der Waals surface area contributed by atoms with Crippen molar-refractivity contribution in [1.82, 2.24) is 15.5 Å². The molecule has 20 heavy (non-hydrogen) atoms. The Morgan fingerprint density at radius 2 is 2.20 bits per heavy atom. The molecule has 1 aromatic heterocycles. The molecule has 1 fully saturated rings. The largest absolute Gasteiger partial charge is 0.496 e. The third-order valence-electron chi connectivity index (χ3n) is 2.99. The SMILES string of the molecule is COc1ccccc1-c1noc([C@H]2CNCCO2)n1.Cl. The van der Waals surface area contributed by atoms with Crippen LogP contribution in [0.1, 0.15) is 12.0 Å². The van der Waals surface area contributed by atoms with Crippen molar-refractivity contribution in [1.29, 1.82) is 0 Å². The zero-order chi connectivity index (χ0) is 13.1. The van der Waals surface area contributed by atoms with Crippen LogP contribution >= 0.6 is 12.4 Å². The van der Waals surface area contributed by atoms with E-state index in [9.17, 15) is 0 Å². The summed E-state index contributed by atoms with van der Waals surface area (Å²) in [5, 5.41) is 7.22. The summed E-state index contributed by atoms with van der Waals surface area (Å²) in [6.45, 7) is 2.19. The Kier molecular flexibility index (Phi) is 4.94. The molecule has 0 saturated carbocycles. The highest BCUT2D eigenvalue weighted by molar-refractivity contribution is 5.85. The fourth-order valence-corrected chi connectivity index (χ4v) is 2.03. The monoisotopic (exact) mass is 297 g/mol. The Labute approximate surface area is 122 Å². The van der Waals surface area contributed by atoms with Crippen LogP contribution in [0.4, 0.5) is 0 Å². The van der Waals surface area contributed by atoms with Crippen molar-refractivity contribution < 1.29 is 14.0 Å². The maximum Gasteiger partial charge on any atom is 0.257 e. The number of methoxy groups -OCH3 is 1. The average Bonchev–Trinajstić information content (AvgIpc) is 2.98. The minimum Gasteiger partial charge on any atom is -0.496 e. The van der Waals surface area contributed by atoms with Gasteiger partial charge in [0.25, 0.3) is 5.89 Å². The first-order valence-corrected chi connectivity index (χ1v) is 6.18. The van der Waals surface area contributed by atoms with Gasteiger partial charge in [0.2, 0.25) is 5.82 Å². The smallest absolute Gasteiger partial charge is 0.257 e. The summed E-state index contributed by atoms with van der Waals surface area (Å²) < 4.78 is 16.1. The predicted octanol–water partition coefficient (Wildman–Crippen LogP) is 1.83. The van der Waals surface area contributed by atoms with E-state index in [2.05, 4.69) is 15.5 Å². The van der Waals surface area contributed by atoms with E-state index in [0.717, 1.165) is 17.9 Å². The van der Waals surface area contributed by atoms with Crippen LogP contribution in [0.25, 0.3) is 11.4 Å². The molecule has 2 aromatic rings. The van der Waals surface area contributed by atoms with Crippen molar-refractivity contribution >= 4 is 12.4 Å². The number of para-hydroxylation sites is 1. The molecular weight excluding hydrogens is 282 g/mol. The summed E-state index contributed by atoms with van der Waals surface area (Å²) >= 11 is 0. The number of halogens is 1. The van der Waals surface area contributed by atoms with Gasteiger partial charge in [-0.25, -0.2) is 0 Å². The van der Waals surface area contributed by atoms with E-state index in [1.54, 1.807) is 7.11 Å². The second-order valence-electron chi connectivity index (χ2n) is 4.22. The van der Waals surface area contributed by atoms with Crippen LogP contribution in [0.2, 0.25) is 0 Å². The summed E-state index contributed by atoms with van der Waals surface area (Å²) in [7, 11) is 1.62. The second-order valence-corrected chi connectivity index (χ2v) is 4.22. The molecule has 3 rings (SSSR count). The molecule has 0 unspecified atom stereocenters. The number of aromatic nitrogens is 2. The van der Waals surface area contributed by atoms with Gasteiger partial charge in [-0.1, -0.05) is 17.3 Å². The first kappa shape index (κ1) is 14.8. The Morgan fingerprint density at radius 3 is 2.95 bits per heavy atom. The van der Waals surface area contributed by atoms with Crippen molar-refractivity contribution in [3.8, 4) is 17.1 Å². The third-order valence-corrected chi connectivity index (χ3v) is 2.99. The molecule has 0 radical (unpaired) electrons. The molecule has 0 spiro atoms. The fraction of sp³-hybridized carbons (Fsp3) is 0.385. The molecule has 1 aliphatic rings. The molecule has 7 heteroatoms. The lowest BCUT2D eigenvalue weighted by molar-refractivity contribution is 0.00755. The number of hydrogen-bond acceptors (Lipinski definition) is 6. The Bertz CT molecular complexity index is 555. The number of nitrogens with zero attached hydrogens (tertiary/aromatic N) is 2. The summed E-state index contributed by atoms with van der Waals surface area (Å²) in [5.74, 6) is 1.73. The maximum absolute atomic E-state index is 5.58. The minimum absolute atomic E-state index is 0. The van der Waals surface area contributed by atoms with Gasteiger partial charge in [-0.15, -0.1) is 12.4 Å². The van der Waals surface area contributed by atoms with E-state index in [4.69, 9.17) is 14.0 Å². The molecule has 1 aromatic carbocycles. The lowest BCUT2D eigenvalue weighted by atomic mass is 10.2. The first-order chi connectivity index (χ1) is 9.38. The van der Waals surface area contributed by atoms with Crippen molar-refractivity contribution in [2.75, 3.05) is 26.8 Å². The topological polar surface area (TPSA) is 69.4 Å². The van der Waals surface area contributed by atoms with Gasteiger partial charge in [-0.05, 0) is 12.1 Å². The van der Waals surface area contributed by atoms with Gasteiger partial charge in [-0.3, -0.25) is 0 Å². The number of rotatable bonds is 3. The molecule has 2 heterocycles. The van der Waals surface area contributed by atoms with Gasteiger partial charge in [0.05, 0.1) is 19.3 Å². The minimum atomic E-state index is -0.176.